The van der Waals surface area contributed by atoms with E-state index in [0.717, 1.165) is 0 Å². The van der Waals surface area contributed by atoms with Gasteiger partial charge in [0.25, 0.3) is 0 Å². The van der Waals surface area contributed by atoms with Gasteiger partial charge in [0.05, 0.1) is 11.9 Å². The molecule has 4 N–H and O–H groups in total. The number of nitrogens with zero attached hydrogens (tertiary/aromatic N) is 3. The highest BCUT2D eigenvalue weighted by atomic mass is 16.2. The van der Waals surface area contributed by atoms with Crippen LogP contribution in [0.2, 0.25) is 0 Å². The zero-order valence-corrected chi connectivity index (χ0v) is 10.5. The average Bonchev–Trinajstić information content (AvgIpc) is 2.69. The van der Waals surface area contributed by atoms with Gasteiger partial charge in [-0.1, -0.05) is 0 Å². The predicted molar refractivity (Wildman–Crippen MR) is 66.7 cm³/mol. The highest BCUT2D eigenvalue weighted by molar-refractivity contribution is 5.76. The van der Waals surface area contributed by atoms with Gasteiger partial charge in [-0.3, -0.25) is 9.48 Å². The SMILES string of the molecule is CN(C)C(=O)NCCNC(=O)Cn1cc(N)cn1. The number of carbonyl (C=O) groups is 2. The molecule has 0 aliphatic rings. The Balaban J connectivity index is 2.16. The summed E-state index contributed by atoms with van der Waals surface area (Å²) in [6, 6.07) is -0.191. The van der Waals surface area contributed by atoms with E-state index in [0.29, 0.717) is 18.8 Å². The number of amides is 3. The third-order valence-electron chi connectivity index (χ3n) is 2.09. The molecule has 1 rings (SSSR count). The van der Waals surface area contributed by atoms with Crippen molar-refractivity contribution in [3.8, 4) is 0 Å². The van der Waals surface area contributed by atoms with Crippen molar-refractivity contribution in [2.45, 2.75) is 6.54 Å². The van der Waals surface area contributed by atoms with Gasteiger partial charge < -0.3 is 21.3 Å². The monoisotopic (exact) mass is 254 g/mol. The molecule has 0 aromatic carbocycles. The second-order valence-corrected chi connectivity index (χ2v) is 3.95. The van der Waals surface area contributed by atoms with E-state index in [4.69, 9.17) is 5.73 Å². The van der Waals surface area contributed by atoms with Crippen LogP contribution >= 0.6 is 0 Å². The number of aromatic nitrogens is 2. The summed E-state index contributed by atoms with van der Waals surface area (Å²) in [6.45, 7) is 0.859. The van der Waals surface area contributed by atoms with Gasteiger partial charge in [0.2, 0.25) is 5.91 Å². The number of nitrogens with one attached hydrogen (secondary N) is 2. The van der Waals surface area contributed by atoms with E-state index in [-0.39, 0.29) is 18.5 Å². The summed E-state index contributed by atoms with van der Waals surface area (Å²) in [5, 5.41) is 9.19. The van der Waals surface area contributed by atoms with Gasteiger partial charge in [0, 0.05) is 33.4 Å². The Labute approximate surface area is 105 Å². The molecule has 1 aromatic heterocycles. The summed E-state index contributed by atoms with van der Waals surface area (Å²) in [4.78, 5) is 24.0. The Morgan fingerprint density at radius 2 is 2.06 bits per heavy atom. The highest BCUT2D eigenvalue weighted by Gasteiger charge is 2.04. The van der Waals surface area contributed by atoms with Crippen LogP contribution in [-0.4, -0.2) is 53.8 Å². The molecule has 0 aliphatic heterocycles. The predicted octanol–water partition coefficient (Wildman–Crippen LogP) is -1.15. The van der Waals surface area contributed by atoms with Crippen LogP contribution in [-0.2, 0) is 11.3 Å². The van der Waals surface area contributed by atoms with Crippen LogP contribution in [0.25, 0.3) is 0 Å². The number of urea groups is 1. The quantitative estimate of drug-likeness (QED) is 0.577. The summed E-state index contributed by atoms with van der Waals surface area (Å²) < 4.78 is 1.45. The van der Waals surface area contributed by atoms with Gasteiger partial charge in [0.15, 0.2) is 0 Å². The van der Waals surface area contributed by atoms with Crippen molar-refractivity contribution in [3.05, 3.63) is 12.4 Å². The first-order chi connectivity index (χ1) is 8.49. The minimum absolute atomic E-state index is 0.110. The van der Waals surface area contributed by atoms with Crippen molar-refractivity contribution in [2.75, 3.05) is 32.9 Å². The van der Waals surface area contributed by atoms with Gasteiger partial charge in [-0.15, -0.1) is 0 Å². The zero-order valence-electron chi connectivity index (χ0n) is 10.5. The first-order valence-electron chi connectivity index (χ1n) is 5.49. The number of hydrogen-bond donors (Lipinski definition) is 3. The van der Waals surface area contributed by atoms with Crippen LogP contribution in [0.4, 0.5) is 10.5 Å². The summed E-state index contributed by atoms with van der Waals surface area (Å²) in [5.41, 5.74) is 5.99. The van der Waals surface area contributed by atoms with Crippen LogP contribution in [0.3, 0.4) is 0 Å². The smallest absolute Gasteiger partial charge is 0.316 e. The largest absolute Gasteiger partial charge is 0.396 e. The van der Waals surface area contributed by atoms with Crippen LogP contribution in [0.5, 0.6) is 0 Å². The highest BCUT2D eigenvalue weighted by Crippen LogP contribution is 1.96. The molecular formula is C10H18N6O2. The molecule has 0 saturated carbocycles. The molecule has 0 unspecified atom stereocenters. The third-order valence-corrected chi connectivity index (χ3v) is 2.09. The molecule has 0 radical (unpaired) electrons. The average molecular weight is 254 g/mol. The summed E-state index contributed by atoms with van der Waals surface area (Å²) >= 11 is 0. The lowest BCUT2D eigenvalue weighted by Gasteiger charge is -2.12. The number of carbonyl (C=O) groups excluding carboxylic acids is 2. The maximum atomic E-state index is 11.5. The summed E-state index contributed by atoms with van der Waals surface area (Å²) in [6.07, 6.45) is 3.05. The number of hydrogen-bond acceptors (Lipinski definition) is 4. The van der Waals surface area contributed by atoms with Gasteiger partial charge in [-0.25, -0.2) is 4.79 Å². The van der Waals surface area contributed by atoms with Gasteiger partial charge in [-0.05, 0) is 0 Å². The lowest BCUT2D eigenvalue weighted by Crippen LogP contribution is -2.40. The van der Waals surface area contributed by atoms with E-state index in [1.54, 1.807) is 20.3 Å². The van der Waals surface area contributed by atoms with Crippen molar-refractivity contribution in [3.63, 3.8) is 0 Å². The first-order valence-corrected chi connectivity index (χ1v) is 5.49. The molecule has 0 bridgehead atoms. The van der Waals surface area contributed by atoms with Crippen molar-refractivity contribution in [2.24, 2.45) is 0 Å². The van der Waals surface area contributed by atoms with Gasteiger partial charge in [-0.2, -0.15) is 5.10 Å². The van der Waals surface area contributed by atoms with Crippen molar-refractivity contribution in [1.29, 1.82) is 0 Å². The molecule has 0 atom stereocenters. The normalized spacial score (nSPS) is 9.89. The van der Waals surface area contributed by atoms with Crippen LogP contribution in [0.15, 0.2) is 12.4 Å². The molecule has 0 aliphatic carbocycles. The minimum Gasteiger partial charge on any atom is -0.396 e. The van der Waals surface area contributed by atoms with E-state index >= 15 is 0 Å². The topological polar surface area (TPSA) is 105 Å². The number of rotatable bonds is 5. The number of anilines is 1. The molecule has 1 aromatic rings. The van der Waals surface area contributed by atoms with Crippen molar-refractivity contribution >= 4 is 17.6 Å². The first kappa shape index (κ1) is 13.8. The zero-order chi connectivity index (χ0) is 13.5. The van der Waals surface area contributed by atoms with E-state index in [2.05, 4.69) is 15.7 Å². The van der Waals surface area contributed by atoms with Gasteiger partial charge in [0.1, 0.15) is 6.54 Å². The molecule has 0 fully saturated rings. The van der Waals surface area contributed by atoms with Crippen molar-refractivity contribution in [1.82, 2.24) is 25.3 Å². The lowest BCUT2D eigenvalue weighted by molar-refractivity contribution is -0.121. The summed E-state index contributed by atoms with van der Waals surface area (Å²) in [5.74, 6) is -0.183. The Morgan fingerprint density at radius 3 is 2.61 bits per heavy atom. The molecule has 3 amide bonds. The molecule has 8 heteroatoms. The van der Waals surface area contributed by atoms with Crippen molar-refractivity contribution < 1.29 is 9.59 Å². The molecular weight excluding hydrogens is 236 g/mol. The molecule has 18 heavy (non-hydrogen) atoms. The molecule has 0 spiro atoms. The summed E-state index contributed by atoms with van der Waals surface area (Å²) in [7, 11) is 3.30. The fourth-order valence-electron chi connectivity index (χ4n) is 1.20. The second-order valence-electron chi connectivity index (χ2n) is 3.95. The van der Waals surface area contributed by atoms with E-state index in [9.17, 15) is 9.59 Å². The fraction of sp³-hybridized carbons (Fsp3) is 0.500. The minimum atomic E-state index is -0.191. The maximum absolute atomic E-state index is 11.5. The Kier molecular flexibility index (Phi) is 4.97. The standard InChI is InChI=1S/C10H18N6O2/c1-15(2)10(18)13-4-3-12-9(17)7-16-6-8(11)5-14-16/h5-6H,3-4,7,11H2,1-2H3,(H,12,17)(H,13,18). The fourth-order valence-corrected chi connectivity index (χ4v) is 1.20. The molecule has 0 saturated heterocycles. The van der Waals surface area contributed by atoms with Gasteiger partial charge >= 0.3 is 6.03 Å². The molecule has 8 nitrogen and oxygen atoms in total. The Hall–Kier alpha value is -2.25. The molecule has 100 valence electrons. The number of nitrogens with two attached hydrogens (primary N) is 1. The second kappa shape index (κ2) is 6.48. The van der Waals surface area contributed by atoms with Crippen LogP contribution in [0.1, 0.15) is 0 Å². The Bertz CT molecular complexity index is 414. The lowest BCUT2D eigenvalue weighted by atomic mass is 10.5. The molecule has 1 heterocycles. The maximum Gasteiger partial charge on any atom is 0.316 e. The Morgan fingerprint density at radius 1 is 1.39 bits per heavy atom. The third kappa shape index (κ3) is 4.73. The van der Waals surface area contributed by atoms with Crippen LogP contribution in [0, 0.1) is 0 Å². The van der Waals surface area contributed by atoms with E-state index in [1.165, 1.54) is 15.8 Å². The van der Waals surface area contributed by atoms with Crippen LogP contribution < -0.4 is 16.4 Å². The van der Waals surface area contributed by atoms with E-state index < -0.39 is 0 Å². The van der Waals surface area contributed by atoms with E-state index in [1.807, 2.05) is 0 Å². The number of nitrogen functional groups attached to an aromatic ring is 1.